The third-order valence-corrected chi connectivity index (χ3v) is 5.97. The van der Waals surface area contributed by atoms with Crippen molar-refractivity contribution in [3.8, 4) is 27.6 Å². The molecule has 0 spiro atoms. The molecule has 7 nitrogen and oxygen atoms in total. The fourth-order valence-electron chi connectivity index (χ4n) is 3.25. The molecule has 0 bridgehead atoms. The molecular formula is C22H23N3O4S. The topological polar surface area (TPSA) is 83.9 Å². The van der Waals surface area contributed by atoms with Gasteiger partial charge in [0.1, 0.15) is 22.2 Å². The van der Waals surface area contributed by atoms with Gasteiger partial charge in [0.05, 0.1) is 18.9 Å². The highest BCUT2D eigenvalue weighted by Crippen LogP contribution is 2.34. The zero-order valence-corrected chi connectivity index (χ0v) is 17.2. The van der Waals surface area contributed by atoms with E-state index >= 15 is 0 Å². The van der Waals surface area contributed by atoms with Crippen LogP contribution >= 0.6 is 11.3 Å². The number of hydrogen-bond donors (Lipinski definition) is 2. The van der Waals surface area contributed by atoms with Crippen molar-refractivity contribution in [1.29, 1.82) is 0 Å². The summed E-state index contributed by atoms with van der Waals surface area (Å²) in [6.07, 6.45) is 0. The maximum Gasteiger partial charge on any atom is 0.287 e. The van der Waals surface area contributed by atoms with Crippen molar-refractivity contribution < 1.29 is 19.5 Å². The van der Waals surface area contributed by atoms with Gasteiger partial charge in [-0.3, -0.25) is 14.9 Å². The van der Waals surface area contributed by atoms with E-state index < -0.39 is 5.91 Å². The Balaban J connectivity index is 1.47. The van der Waals surface area contributed by atoms with E-state index in [4.69, 9.17) is 14.7 Å². The van der Waals surface area contributed by atoms with E-state index in [0.29, 0.717) is 22.2 Å². The molecule has 2 aromatic carbocycles. The summed E-state index contributed by atoms with van der Waals surface area (Å²) >= 11 is 1.24. The first-order valence-electron chi connectivity index (χ1n) is 9.78. The summed E-state index contributed by atoms with van der Waals surface area (Å²) in [5.74, 6) is 0.223. The fourth-order valence-corrected chi connectivity index (χ4v) is 4.23. The van der Waals surface area contributed by atoms with E-state index in [1.54, 1.807) is 5.48 Å². The Bertz CT molecular complexity index is 970. The van der Waals surface area contributed by atoms with Gasteiger partial charge in [0.15, 0.2) is 0 Å². The number of morpholine rings is 1. The highest BCUT2D eigenvalue weighted by Gasteiger charge is 2.20. The predicted molar refractivity (Wildman–Crippen MR) is 115 cm³/mol. The summed E-state index contributed by atoms with van der Waals surface area (Å²) < 4.78 is 11.2. The molecule has 0 aliphatic carbocycles. The van der Waals surface area contributed by atoms with Crippen molar-refractivity contribution in [2.45, 2.75) is 0 Å². The smallest absolute Gasteiger partial charge is 0.287 e. The summed E-state index contributed by atoms with van der Waals surface area (Å²) in [4.78, 5) is 19.5. The lowest BCUT2D eigenvalue weighted by Gasteiger charge is -2.26. The van der Waals surface area contributed by atoms with Crippen LogP contribution in [0.3, 0.4) is 0 Å². The quantitative estimate of drug-likeness (QED) is 0.446. The Morgan fingerprint density at radius 2 is 1.83 bits per heavy atom. The van der Waals surface area contributed by atoms with Crippen LogP contribution in [0.5, 0.6) is 5.75 Å². The average Bonchev–Trinajstić information content (AvgIpc) is 3.26. The maximum atomic E-state index is 12.1. The van der Waals surface area contributed by atoms with Gasteiger partial charge in [-0.05, 0) is 24.3 Å². The molecule has 2 N–H and O–H groups in total. The van der Waals surface area contributed by atoms with Crippen LogP contribution in [0.4, 0.5) is 0 Å². The van der Waals surface area contributed by atoms with E-state index in [0.717, 1.165) is 49.7 Å². The lowest BCUT2D eigenvalue weighted by atomic mass is 10.1. The Hall–Kier alpha value is -2.78. The van der Waals surface area contributed by atoms with Gasteiger partial charge in [-0.25, -0.2) is 10.5 Å². The Labute approximate surface area is 178 Å². The second kappa shape index (κ2) is 9.82. The van der Waals surface area contributed by atoms with E-state index in [-0.39, 0.29) is 0 Å². The monoisotopic (exact) mass is 425 g/mol. The van der Waals surface area contributed by atoms with Crippen molar-refractivity contribution in [3.05, 3.63) is 59.5 Å². The van der Waals surface area contributed by atoms with E-state index in [9.17, 15) is 4.79 Å². The molecule has 156 valence electrons. The first-order chi connectivity index (χ1) is 14.7. The summed E-state index contributed by atoms with van der Waals surface area (Å²) in [6, 6.07) is 17.1. The second-order valence-electron chi connectivity index (χ2n) is 6.83. The van der Waals surface area contributed by atoms with E-state index in [2.05, 4.69) is 9.88 Å². The summed E-state index contributed by atoms with van der Waals surface area (Å²) in [7, 11) is 0. The van der Waals surface area contributed by atoms with Crippen LogP contribution in [0.1, 0.15) is 9.67 Å². The maximum absolute atomic E-state index is 12.1. The third kappa shape index (κ3) is 4.85. The summed E-state index contributed by atoms with van der Waals surface area (Å²) in [5, 5.41) is 9.81. The van der Waals surface area contributed by atoms with Crippen molar-refractivity contribution in [2.24, 2.45) is 0 Å². The number of amides is 1. The van der Waals surface area contributed by atoms with Crippen LogP contribution < -0.4 is 10.2 Å². The molecule has 2 heterocycles. The highest BCUT2D eigenvalue weighted by molar-refractivity contribution is 7.17. The lowest BCUT2D eigenvalue weighted by molar-refractivity contribution is 0.0322. The fraction of sp³-hybridized carbons (Fsp3) is 0.273. The second-order valence-corrected chi connectivity index (χ2v) is 7.83. The standard InChI is InChI=1S/C22H23N3O4S/c26-21(24-27)20-19(16-4-2-1-3-5-16)23-22(30-20)17-6-8-18(9-7-17)29-15-12-25-10-13-28-14-11-25/h1-9,27H,10-15H2,(H,24,26). The Morgan fingerprint density at radius 1 is 1.10 bits per heavy atom. The minimum absolute atomic E-state index is 0.365. The molecule has 0 radical (unpaired) electrons. The minimum Gasteiger partial charge on any atom is -0.492 e. The number of nitrogens with zero attached hydrogens (tertiary/aromatic N) is 2. The number of ether oxygens (including phenoxy) is 2. The van der Waals surface area contributed by atoms with Crippen molar-refractivity contribution in [3.63, 3.8) is 0 Å². The van der Waals surface area contributed by atoms with Gasteiger partial charge in [-0.15, -0.1) is 11.3 Å². The van der Waals surface area contributed by atoms with E-state index in [1.807, 2.05) is 54.6 Å². The van der Waals surface area contributed by atoms with Crippen LogP contribution in [0.2, 0.25) is 0 Å². The number of carbonyl (C=O) groups excluding carboxylic acids is 1. The minimum atomic E-state index is -0.569. The summed E-state index contributed by atoms with van der Waals surface area (Å²) in [6.45, 7) is 4.94. The van der Waals surface area contributed by atoms with Gasteiger partial charge in [-0.2, -0.15) is 0 Å². The van der Waals surface area contributed by atoms with Gasteiger partial charge >= 0.3 is 0 Å². The van der Waals surface area contributed by atoms with E-state index in [1.165, 1.54) is 11.3 Å². The molecule has 1 saturated heterocycles. The molecule has 1 aliphatic heterocycles. The molecule has 3 aromatic rings. The molecule has 0 unspecified atom stereocenters. The Kier molecular flexibility index (Phi) is 6.70. The van der Waals surface area contributed by atoms with Crippen LogP contribution in [-0.4, -0.2) is 60.5 Å². The Morgan fingerprint density at radius 3 is 2.53 bits per heavy atom. The molecule has 1 aromatic heterocycles. The summed E-state index contributed by atoms with van der Waals surface area (Å²) in [5.41, 5.74) is 3.97. The highest BCUT2D eigenvalue weighted by atomic mass is 32.1. The molecule has 8 heteroatoms. The first kappa shape index (κ1) is 20.5. The molecular weight excluding hydrogens is 402 g/mol. The zero-order valence-electron chi connectivity index (χ0n) is 16.4. The van der Waals surface area contributed by atoms with Gasteiger partial charge in [0.25, 0.3) is 5.91 Å². The molecule has 4 rings (SSSR count). The van der Waals surface area contributed by atoms with Gasteiger partial charge < -0.3 is 9.47 Å². The average molecular weight is 426 g/mol. The van der Waals surface area contributed by atoms with Gasteiger partial charge in [-0.1, -0.05) is 30.3 Å². The third-order valence-electron chi connectivity index (χ3n) is 4.86. The van der Waals surface area contributed by atoms with Crippen LogP contribution in [0.15, 0.2) is 54.6 Å². The number of aromatic nitrogens is 1. The number of carbonyl (C=O) groups is 1. The van der Waals surface area contributed by atoms with Gasteiger partial charge in [0, 0.05) is 30.8 Å². The number of thiazole rings is 1. The normalized spacial score (nSPS) is 14.4. The lowest BCUT2D eigenvalue weighted by Crippen LogP contribution is -2.38. The van der Waals surface area contributed by atoms with Crippen molar-refractivity contribution in [1.82, 2.24) is 15.4 Å². The molecule has 30 heavy (non-hydrogen) atoms. The van der Waals surface area contributed by atoms with Crippen molar-refractivity contribution in [2.75, 3.05) is 39.5 Å². The molecule has 1 aliphatic rings. The first-order valence-corrected chi connectivity index (χ1v) is 10.6. The predicted octanol–water partition coefficient (Wildman–Crippen LogP) is 3.31. The molecule has 1 amide bonds. The van der Waals surface area contributed by atoms with Crippen molar-refractivity contribution >= 4 is 17.2 Å². The number of benzene rings is 2. The molecule has 0 atom stereocenters. The van der Waals surface area contributed by atoms with Crippen LogP contribution in [0.25, 0.3) is 21.8 Å². The number of hydroxylamine groups is 1. The molecule has 1 fully saturated rings. The SMILES string of the molecule is O=C(NO)c1sc(-c2ccc(OCCN3CCOCC3)cc2)nc1-c1ccccc1. The van der Waals surface area contributed by atoms with Gasteiger partial charge in [0.2, 0.25) is 0 Å². The number of hydrogen-bond acceptors (Lipinski definition) is 7. The zero-order chi connectivity index (χ0) is 20.8. The number of nitrogens with one attached hydrogen (secondary N) is 1. The van der Waals surface area contributed by atoms with Crippen LogP contribution in [-0.2, 0) is 4.74 Å². The molecule has 0 saturated carbocycles. The largest absolute Gasteiger partial charge is 0.492 e. The number of rotatable bonds is 7. The van der Waals surface area contributed by atoms with Crippen LogP contribution in [0, 0.1) is 0 Å².